The van der Waals surface area contributed by atoms with Gasteiger partial charge in [0.15, 0.2) is 0 Å². The van der Waals surface area contributed by atoms with E-state index in [0.29, 0.717) is 11.3 Å². The molecule has 1 rings (SSSR count). The van der Waals surface area contributed by atoms with Gasteiger partial charge >= 0.3 is 0 Å². The van der Waals surface area contributed by atoms with Crippen molar-refractivity contribution < 1.29 is 9.59 Å². The van der Waals surface area contributed by atoms with Crippen LogP contribution >= 0.6 is 11.6 Å². The number of carbonyl (C=O) groups excluding carboxylic acids is 2. The molecule has 1 aromatic heterocycles. The second-order valence-corrected chi connectivity index (χ2v) is 6.80. The Kier molecular flexibility index (Phi) is 5.34. The number of pyridine rings is 1. The molecule has 1 unspecified atom stereocenters. The fourth-order valence-corrected chi connectivity index (χ4v) is 2.01. The average molecular weight is 312 g/mol. The summed E-state index contributed by atoms with van der Waals surface area (Å²) in [5, 5.41) is 2.88. The predicted molar refractivity (Wildman–Crippen MR) is 83.2 cm³/mol. The van der Waals surface area contributed by atoms with Crippen LogP contribution < -0.4 is 11.1 Å². The van der Waals surface area contributed by atoms with Crippen LogP contribution in [0.1, 0.15) is 50.7 Å². The molecule has 0 aliphatic rings. The number of rotatable bonds is 4. The van der Waals surface area contributed by atoms with Gasteiger partial charge in [-0.2, -0.15) is 0 Å². The molecule has 1 atom stereocenters. The molecule has 0 bridgehead atoms. The third-order valence-corrected chi connectivity index (χ3v) is 3.28. The van der Waals surface area contributed by atoms with Crippen LogP contribution in [-0.2, 0) is 10.2 Å². The Balaban J connectivity index is 3.08. The molecule has 0 aromatic carbocycles. The van der Waals surface area contributed by atoms with E-state index < -0.39 is 11.9 Å². The molecule has 5 nitrogen and oxygen atoms in total. The number of primary amides is 1. The fourth-order valence-electron chi connectivity index (χ4n) is 1.80. The van der Waals surface area contributed by atoms with Gasteiger partial charge < -0.3 is 11.1 Å². The van der Waals surface area contributed by atoms with Crippen LogP contribution in [0.3, 0.4) is 0 Å². The van der Waals surface area contributed by atoms with Crippen LogP contribution in [-0.4, -0.2) is 22.8 Å². The van der Waals surface area contributed by atoms with Crippen LogP contribution in [0.2, 0.25) is 5.15 Å². The lowest BCUT2D eigenvalue weighted by Gasteiger charge is -2.21. The highest BCUT2D eigenvalue weighted by Crippen LogP contribution is 2.23. The minimum absolute atomic E-state index is 0.0918. The smallest absolute Gasteiger partial charge is 0.252 e. The Morgan fingerprint density at radius 1 is 1.29 bits per heavy atom. The largest absolute Gasteiger partial charge is 0.368 e. The molecule has 0 spiro atoms. The Morgan fingerprint density at radius 3 is 2.29 bits per heavy atom. The zero-order valence-electron chi connectivity index (χ0n) is 13.0. The lowest BCUT2D eigenvalue weighted by molar-refractivity contribution is -0.120. The Bertz CT molecular complexity index is 550. The number of hydrogen-bond acceptors (Lipinski definition) is 3. The lowest BCUT2D eigenvalue weighted by Crippen LogP contribution is -2.47. The van der Waals surface area contributed by atoms with E-state index in [-0.39, 0.29) is 22.4 Å². The summed E-state index contributed by atoms with van der Waals surface area (Å²) in [4.78, 5) is 27.9. The van der Waals surface area contributed by atoms with Crippen molar-refractivity contribution in [2.75, 3.05) is 0 Å². The fraction of sp³-hybridized carbons (Fsp3) is 0.533. The molecule has 0 fully saturated rings. The first-order valence-electron chi connectivity index (χ1n) is 6.80. The summed E-state index contributed by atoms with van der Waals surface area (Å²) in [6.07, 6.45) is 0. The maximum Gasteiger partial charge on any atom is 0.252 e. The molecule has 116 valence electrons. The monoisotopic (exact) mass is 311 g/mol. The van der Waals surface area contributed by atoms with Crippen LogP contribution in [0.15, 0.2) is 12.1 Å². The molecular formula is C15H22ClN3O2. The van der Waals surface area contributed by atoms with Gasteiger partial charge in [0, 0.05) is 16.7 Å². The minimum Gasteiger partial charge on any atom is -0.368 e. The normalized spacial score (nSPS) is 13.1. The maximum atomic E-state index is 12.3. The molecule has 0 aliphatic heterocycles. The van der Waals surface area contributed by atoms with Gasteiger partial charge in [0.1, 0.15) is 11.2 Å². The number of halogens is 1. The minimum atomic E-state index is -0.720. The van der Waals surface area contributed by atoms with Crippen molar-refractivity contribution in [1.29, 1.82) is 0 Å². The number of nitrogens with one attached hydrogen (secondary N) is 1. The van der Waals surface area contributed by atoms with Crippen molar-refractivity contribution in [3.8, 4) is 0 Å². The highest BCUT2D eigenvalue weighted by molar-refractivity contribution is 6.29. The van der Waals surface area contributed by atoms with Gasteiger partial charge in [-0.25, -0.2) is 4.98 Å². The van der Waals surface area contributed by atoms with Crippen molar-refractivity contribution in [3.63, 3.8) is 0 Å². The molecule has 1 aromatic rings. The van der Waals surface area contributed by atoms with E-state index in [1.807, 2.05) is 34.6 Å². The predicted octanol–water partition coefficient (Wildman–Crippen LogP) is 2.27. The third-order valence-electron chi connectivity index (χ3n) is 3.08. The van der Waals surface area contributed by atoms with Crippen LogP contribution in [0.4, 0.5) is 0 Å². The molecule has 21 heavy (non-hydrogen) atoms. The quantitative estimate of drug-likeness (QED) is 0.836. The summed E-state index contributed by atoms with van der Waals surface area (Å²) >= 11 is 5.98. The van der Waals surface area contributed by atoms with E-state index in [9.17, 15) is 9.59 Å². The standard InChI is InChI=1S/C15H22ClN3O2/c1-8(2)12(13(17)20)19-14(21)9-6-10(15(3,4)5)18-11(16)7-9/h6-8,12H,1-5H3,(H2,17,20)(H,19,21). The number of nitrogens with zero attached hydrogens (tertiary/aromatic N) is 1. The summed E-state index contributed by atoms with van der Waals surface area (Å²) in [7, 11) is 0. The molecule has 2 amide bonds. The Hall–Kier alpha value is -1.62. The van der Waals surface area contributed by atoms with E-state index in [0.717, 1.165) is 0 Å². The van der Waals surface area contributed by atoms with Crippen LogP contribution in [0.25, 0.3) is 0 Å². The molecule has 0 radical (unpaired) electrons. The first-order chi connectivity index (χ1) is 9.52. The van der Waals surface area contributed by atoms with Crippen molar-refractivity contribution in [2.45, 2.75) is 46.1 Å². The van der Waals surface area contributed by atoms with E-state index in [1.165, 1.54) is 6.07 Å². The summed E-state index contributed by atoms with van der Waals surface area (Å²) in [6.45, 7) is 9.57. The van der Waals surface area contributed by atoms with Gasteiger partial charge in [-0.15, -0.1) is 0 Å². The van der Waals surface area contributed by atoms with Gasteiger partial charge in [-0.3, -0.25) is 9.59 Å². The van der Waals surface area contributed by atoms with Gasteiger partial charge in [0.25, 0.3) is 5.91 Å². The highest BCUT2D eigenvalue weighted by Gasteiger charge is 2.24. The number of nitrogens with two attached hydrogens (primary N) is 1. The zero-order chi connectivity index (χ0) is 16.4. The average Bonchev–Trinajstić information content (AvgIpc) is 2.32. The molecule has 0 aliphatic carbocycles. The van der Waals surface area contributed by atoms with E-state index in [2.05, 4.69) is 10.3 Å². The van der Waals surface area contributed by atoms with E-state index in [4.69, 9.17) is 17.3 Å². The molecule has 0 saturated heterocycles. The topological polar surface area (TPSA) is 85.1 Å². The summed E-state index contributed by atoms with van der Waals surface area (Å²) in [5.41, 5.74) is 6.14. The summed E-state index contributed by atoms with van der Waals surface area (Å²) in [6, 6.07) is 2.44. The molecule has 1 heterocycles. The number of hydrogen-bond donors (Lipinski definition) is 2. The van der Waals surface area contributed by atoms with Gasteiger partial charge in [0.2, 0.25) is 5.91 Å². The van der Waals surface area contributed by atoms with Gasteiger partial charge in [0.05, 0.1) is 0 Å². The second-order valence-electron chi connectivity index (χ2n) is 6.41. The zero-order valence-corrected chi connectivity index (χ0v) is 13.8. The van der Waals surface area contributed by atoms with E-state index in [1.54, 1.807) is 6.07 Å². The lowest BCUT2D eigenvalue weighted by atomic mass is 9.90. The maximum absolute atomic E-state index is 12.3. The number of amides is 2. The number of aromatic nitrogens is 1. The molecule has 6 heteroatoms. The molecule has 0 saturated carbocycles. The Morgan fingerprint density at radius 2 is 1.86 bits per heavy atom. The van der Waals surface area contributed by atoms with Crippen LogP contribution in [0.5, 0.6) is 0 Å². The van der Waals surface area contributed by atoms with Gasteiger partial charge in [-0.1, -0.05) is 46.2 Å². The van der Waals surface area contributed by atoms with Crippen molar-refractivity contribution in [1.82, 2.24) is 10.3 Å². The van der Waals surface area contributed by atoms with Gasteiger partial charge in [-0.05, 0) is 18.1 Å². The first kappa shape index (κ1) is 17.4. The van der Waals surface area contributed by atoms with Crippen molar-refractivity contribution in [2.24, 2.45) is 11.7 Å². The SMILES string of the molecule is CC(C)C(NC(=O)c1cc(Cl)nc(C(C)(C)C)c1)C(N)=O. The highest BCUT2D eigenvalue weighted by atomic mass is 35.5. The summed E-state index contributed by atoms with van der Waals surface area (Å²) < 4.78 is 0. The molecular weight excluding hydrogens is 290 g/mol. The number of carbonyl (C=O) groups is 2. The second kappa shape index (κ2) is 6.43. The van der Waals surface area contributed by atoms with E-state index >= 15 is 0 Å². The van der Waals surface area contributed by atoms with Crippen molar-refractivity contribution >= 4 is 23.4 Å². The Labute approximate surface area is 130 Å². The third kappa shape index (κ3) is 4.70. The summed E-state index contributed by atoms with van der Waals surface area (Å²) in [5.74, 6) is -1.04. The molecule has 3 N–H and O–H groups in total. The van der Waals surface area contributed by atoms with Crippen LogP contribution in [0, 0.1) is 5.92 Å². The first-order valence-corrected chi connectivity index (χ1v) is 7.18. The van der Waals surface area contributed by atoms with Crippen molar-refractivity contribution in [3.05, 3.63) is 28.5 Å².